The molecule has 0 amide bonds. The molecule has 1 unspecified atom stereocenters. The highest BCUT2D eigenvalue weighted by molar-refractivity contribution is 5.50. The number of benzene rings is 1. The minimum atomic E-state index is -0.293. The zero-order valence-electron chi connectivity index (χ0n) is 9.84. The van der Waals surface area contributed by atoms with Crippen molar-refractivity contribution < 1.29 is 13.9 Å². The third kappa shape index (κ3) is 2.12. The minimum absolute atomic E-state index is 0.293. The summed E-state index contributed by atoms with van der Waals surface area (Å²) >= 11 is 0. The first-order valence-electron chi connectivity index (χ1n) is 5.26. The van der Waals surface area contributed by atoms with Crippen LogP contribution in [0, 0.1) is 0 Å². The van der Waals surface area contributed by atoms with Gasteiger partial charge in [0.15, 0.2) is 11.5 Å². The fourth-order valence-electron chi connectivity index (χ4n) is 1.79. The summed E-state index contributed by atoms with van der Waals surface area (Å²) in [6.07, 6.45) is 3.23. The van der Waals surface area contributed by atoms with Crippen molar-refractivity contribution in [2.45, 2.75) is 6.04 Å². The standard InChI is InChI=1S/C13H15NO3/c1-15-11-5-3-4-10(13(11)16-2)12(14)9-6-7-17-8-9/h3-8,12H,14H2,1-2H3. The van der Waals surface area contributed by atoms with E-state index < -0.39 is 0 Å². The van der Waals surface area contributed by atoms with E-state index in [-0.39, 0.29) is 6.04 Å². The molecule has 2 aromatic rings. The summed E-state index contributed by atoms with van der Waals surface area (Å²) in [6.45, 7) is 0. The van der Waals surface area contributed by atoms with Crippen LogP contribution in [0.1, 0.15) is 17.2 Å². The van der Waals surface area contributed by atoms with E-state index in [1.165, 1.54) is 0 Å². The van der Waals surface area contributed by atoms with E-state index in [0.29, 0.717) is 11.5 Å². The highest BCUT2D eigenvalue weighted by atomic mass is 16.5. The van der Waals surface area contributed by atoms with Crippen molar-refractivity contribution in [3.05, 3.63) is 47.9 Å². The summed E-state index contributed by atoms with van der Waals surface area (Å²) in [5.74, 6) is 1.33. The van der Waals surface area contributed by atoms with Gasteiger partial charge in [0.25, 0.3) is 0 Å². The maximum Gasteiger partial charge on any atom is 0.165 e. The number of hydrogen-bond acceptors (Lipinski definition) is 4. The average Bonchev–Trinajstić information content (AvgIpc) is 2.90. The molecule has 4 nitrogen and oxygen atoms in total. The lowest BCUT2D eigenvalue weighted by atomic mass is 10.0. The molecule has 0 fully saturated rings. The smallest absolute Gasteiger partial charge is 0.165 e. The van der Waals surface area contributed by atoms with E-state index in [2.05, 4.69) is 0 Å². The Bertz CT molecular complexity index is 479. The van der Waals surface area contributed by atoms with Gasteiger partial charge in [-0.15, -0.1) is 0 Å². The molecule has 2 N–H and O–H groups in total. The molecule has 0 saturated heterocycles. The van der Waals surface area contributed by atoms with Gasteiger partial charge < -0.3 is 19.6 Å². The Hall–Kier alpha value is -1.94. The lowest BCUT2D eigenvalue weighted by Crippen LogP contribution is -2.12. The maximum absolute atomic E-state index is 6.17. The minimum Gasteiger partial charge on any atom is -0.493 e. The second-order valence-corrected chi connectivity index (χ2v) is 3.62. The summed E-state index contributed by atoms with van der Waals surface area (Å²) in [5.41, 5.74) is 7.93. The van der Waals surface area contributed by atoms with Crippen LogP contribution in [0.5, 0.6) is 11.5 Å². The molecule has 0 spiro atoms. The van der Waals surface area contributed by atoms with Crippen molar-refractivity contribution in [1.29, 1.82) is 0 Å². The zero-order chi connectivity index (χ0) is 12.3. The lowest BCUT2D eigenvalue weighted by molar-refractivity contribution is 0.350. The van der Waals surface area contributed by atoms with Crippen LogP contribution in [-0.4, -0.2) is 14.2 Å². The number of rotatable bonds is 4. The highest BCUT2D eigenvalue weighted by Crippen LogP contribution is 2.35. The molecule has 0 aliphatic carbocycles. The van der Waals surface area contributed by atoms with Gasteiger partial charge in [-0.25, -0.2) is 0 Å². The van der Waals surface area contributed by atoms with E-state index in [9.17, 15) is 0 Å². The largest absolute Gasteiger partial charge is 0.493 e. The molecule has 4 heteroatoms. The third-order valence-electron chi connectivity index (χ3n) is 2.67. The second-order valence-electron chi connectivity index (χ2n) is 3.62. The molecule has 0 aliphatic rings. The fourth-order valence-corrected chi connectivity index (χ4v) is 1.79. The van der Waals surface area contributed by atoms with E-state index in [1.807, 2.05) is 24.3 Å². The SMILES string of the molecule is COc1cccc(C(N)c2ccoc2)c1OC. The van der Waals surface area contributed by atoms with Crippen LogP contribution in [0.25, 0.3) is 0 Å². The summed E-state index contributed by atoms with van der Waals surface area (Å²) in [7, 11) is 3.20. The van der Waals surface area contributed by atoms with Crippen LogP contribution >= 0.6 is 0 Å². The van der Waals surface area contributed by atoms with Crippen molar-refractivity contribution in [2.75, 3.05) is 14.2 Å². The number of para-hydroxylation sites is 1. The number of furan rings is 1. The number of ether oxygens (including phenoxy) is 2. The van der Waals surface area contributed by atoms with Gasteiger partial charge in [-0.3, -0.25) is 0 Å². The van der Waals surface area contributed by atoms with Gasteiger partial charge >= 0.3 is 0 Å². The topological polar surface area (TPSA) is 57.6 Å². The fraction of sp³-hybridized carbons (Fsp3) is 0.231. The van der Waals surface area contributed by atoms with Gasteiger partial charge in [-0.1, -0.05) is 12.1 Å². The number of methoxy groups -OCH3 is 2. The second kappa shape index (κ2) is 4.93. The van der Waals surface area contributed by atoms with Gasteiger partial charge in [-0.2, -0.15) is 0 Å². The Morgan fingerprint density at radius 3 is 2.59 bits per heavy atom. The third-order valence-corrected chi connectivity index (χ3v) is 2.67. The van der Waals surface area contributed by atoms with Crippen molar-refractivity contribution in [1.82, 2.24) is 0 Å². The Labute approximate surface area is 99.9 Å². The molecular formula is C13H15NO3. The molecule has 1 atom stereocenters. The van der Waals surface area contributed by atoms with Gasteiger partial charge in [0.05, 0.1) is 32.8 Å². The maximum atomic E-state index is 6.17. The van der Waals surface area contributed by atoms with E-state index in [1.54, 1.807) is 26.7 Å². The Morgan fingerprint density at radius 1 is 1.18 bits per heavy atom. The van der Waals surface area contributed by atoms with E-state index in [4.69, 9.17) is 19.6 Å². The first kappa shape index (κ1) is 11.5. The monoisotopic (exact) mass is 233 g/mol. The normalized spacial score (nSPS) is 12.2. The molecule has 1 heterocycles. The van der Waals surface area contributed by atoms with Crippen LogP contribution in [0.2, 0.25) is 0 Å². The summed E-state index contributed by atoms with van der Waals surface area (Å²) < 4.78 is 15.6. The molecule has 0 aliphatic heterocycles. The molecule has 2 rings (SSSR count). The van der Waals surface area contributed by atoms with E-state index >= 15 is 0 Å². The van der Waals surface area contributed by atoms with Crippen LogP contribution in [0.15, 0.2) is 41.2 Å². The van der Waals surface area contributed by atoms with Gasteiger partial charge in [-0.05, 0) is 12.1 Å². The molecule has 0 radical (unpaired) electrons. The van der Waals surface area contributed by atoms with Crippen LogP contribution in [0.3, 0.4) is 0 Å². The Kier molecular flexibility index (Phi) is 3.35. The van der Waals surface area contributed by atoms with Crippen molar-refractivity contribution >= 4 is 0 Å². The summed E-state index contributed by atoms with van der Waals surface area (Å²) in [4.78, 5) is 0. The predicted octanol–water partition coefficient (Wildman–Crippen LogP) is 2.34. The average molecular weight is 233 g/mol. The summed E-state index contributed by atoms with van der Waals surface area (Å²) in [6, 6.07) is 7.18. The Balaban J connectivity index is 2.44. The molecule has 1 aromatic carbocycles. The summed E-state index contributed by atoms with van der Waals surface area (Å²) in [5, 5.41) is 0. The van der Waals surface area contributed by atoms with Gasteiger partial charge in [0, 0.05) is 11.1 Å². The number of nitrogens with two attached hydrogens (primary N) is 1. The molecule has 0 bridgehead atoms. The van der Waals surface area contributed by atoms with Gasteiger partial charge in [0.1, 0.15) is 0 Å². The lowest BCUT2D eigenvalue weighted by Gasteiger charge is -2.16. The highest BCUT2D eigenvalue weighted by Gasteiger charge is 2.17. The molecular weight excluding hydrogens is 218 g/mol. The molecule has 90 valence electrons. The van der Waals surface area contributed by atoms with E-state index in [0.717, 1.165) is 11.1 Å². The van der Waals surface area contributed by atoms with Crippen LogP contribution in [-0.2, 0) is 0 Å². The van der Waals surface area contributed by atoms with Crippen LogP contribution < -0.4 is 15.2 Å². The molecule has 1 aromatic heterocycles. The molecule has 17 heavy (non-hydrogen) atoms. The number of hydrogen-bond donors (Lipinski definition) is 1. The Morgan fingerprint density at radius 2 is 2.00 bits per heavy atom. The van der Waals surface area contributed by atoms with Crippen LogP contribution in [0.4, 0.5) is 0 Å². The van der Waals surface area contributed by atoms with Crippen molar-refractivity contribution in [3.8, 4) is 11.5 Å². The first-order valence-corrected chi connectivity index (χ1v) is 5.26. The van der Waals surface area contributed by atoms with Crippen molar-refractivity contribution in [2.24, 2.45) is 5.73 Å². The van der Waals surface area contributed by atoms with Gasteiger partial charge in [0.2, 0.25) is 0 Å². The van der Waals surface area contributed by atoms with Crippen molar-refractivity contribution in [3.63, 3.8) is 0 Å². The zero-order valence-corrected chi connectivity index (χ0v) is 9.84. The molecule has 0 saturated carbocycles. The quantitative estimate of drug-likeness (QED) is 0.880. The predicted molar refractivity (Wildman–Crippen MR) is 64.3 cm³/mol. The first-order chi connectivity index (χ1) is 8.27.